The third-order valence-electron chi connectivity index (χ3n) is 7.63. The molecule has 1 aromatic rings. The fourth-order valence-corrected chi connectivity index (χ4v) is 7.39. The predicted octanol–water partition coefficient (Wildman–Crippen LogP) is 4.42. The molecule has 0 aromatic heterocycles. The quantitative estimate of drug-likeness (QED) is 0.309. The van der Waals surface area contributed by atoms with Crippen molar-refractivity contribution in [3.05, 3.63) is 28.7 Å². The minimum absolute atomic E-state index is 0.164. The van der Waals surface area contributed by atoms with Crippen molar-refractivity contribution >= 4 is 40.9 Å². The fraction of sp³-hybridized carbons (Fsp3) is 0.538. The summed E-state index contributed by atoms with van der Waals surface area (Å²) >= 11 is 0.762. The van der Waals surface area contributed by atoms with Crippen molar-refractivity contribution in [2.24, 2.45) is 23.2 Å². The molecule has 4 bridgehead atoms. The second-order valence-electron chi connectivity index (χ2n) is 10.1. The van der Waals surface area contributed by atoms with E-state index < -0.39 is 23.7 Å². The number of esters is 2. The van der Waals surface area contributed by atoms with Crippen LogP contribution in [0.5, 0.6) is 11.5 Å². The fourth-order valence-electron chi connectivity index (χ4n) is 6.55. The summed E-state index contributed by atoms with van der Waals surface area (Å²) in [5.74, 6) is 1.28. The Labute approximate surface area is 208 Å². The molecule has 0 spiro atoms. The Balaban J connectivity index is 1.30. The minimum atomic E-state index is -0.636. The molecule has 2 amide bonds. The number of methoxy groups -OCH3 is 1. The van der Waals surface area contributed by atoms with Crippen molar-refractivity contribution in [1.82, 2.24) is 4.90 Å². The van der Waals surface area contributed by atoms with Gasteiger partial charge in [-0.25, -0.2) is 0 Å². The van der Waals surface area contributed by atoms with Gasteiger partial charge in [0, 0.05) is 0 Å². The normalized spacial score (nSPS) is 30.2. The molecule has 0 unspecified atom stereocenters. The third kappa shape index (κ3) is 4.58. The second-order valence-corrected chi connectivity index (χ2v) is 11.1. The molecule has 6 rings (SSSR count). The summed E-state index contributed by atoms with van der Waals surface area (Å²) in [6, 6.07) is 5.04. The van der Waals surface area contributed by atoms with Crippen molar-refractivity contribution in [3.63, 3.8) is 0 Å². The van der Waals surface area contributed by atoms with Crippen LogP contribution < -0.4 is 9.47 Å². The van der Waals surface area contributed by atoms with Crippen molar-refractivity contribution in [3.8, 4) is 11.5 Å². The maximum absolute atomic E-state index is 13.3. The Kier molecular flexibility index (Phi) is 6.38. The van der Waals surface area contributed by atoms with Gasteiger partial charge in [-0.15, -0.1) is 0 Å². The Morgan fingerprint density at radius 3 is 2.34 bits per heavy atom. The first-order valence-electron chi connectivity index (χ1n) is 12.1. The molecule has 4 saturated carbocycles. The van der Waals surface area contributed by atoms with Gasteiger partial charge in [-0.3, -0.25) is 24.1 Å². The topological polar surface area (TPSA) is 99.2 Å². The van der Waals surface area contributed by atoms with Crippen LogP contribution >= 0.6 is 11.8 Å². The summed E-state index contributed by atoms with van der Waals surface area (Å²) in [6.45, 7) is 1.41. The third-order valence-corrected chi connectivity index (χ3v) is 8.53. The SMILES string of the molecule is CCOC(=O)CN1C(=O)SC(=Cc2ccc(OC(=O)C34CC5CC(CC(C5)C3)C4)c(OC)c2)C1=O. The smallest absolute Gasteiger partial charge is 0.326 e. The Morgan fingerprint density at radius 1 is 1.09 bits per heavy atom. The summed E-state index contributed by atoms with van der Waals surface area (Å²) in [4.78, 5) is 51.0. The number of benzene rings is 1. The van der Waals surface area contributed by atoms with Crippen LogP contribution in [-0.2, 0) is 19.1 Å². The number of carbonyl (C=O) groups is 4. The lowest BCUT2D eigenvalue weighted by Crippen LogP contribution is -2.51. The average Bonchev–Trinajstić information content (AvgIpc) is 3.06. The average molecular weight is 500 g/mol. The van der Waals surface area contributed by atoms with E-state index in [1.807, 2.05) is 0 Å². The molecule has 1 aromatic carbocycles. The van der Waals surface area contributed by atoms with E-state index >= 15 is 0 Å². The van der Waals surface area contributed by atoms with Gasteiger partial charge >= 0.3 is 11.9 Å². The first-order chi connectivity index (χ1) is 16.8. The molecule has 1 aliphatic heterocycles. The zero-order valence-electron chi connectivity index (χ0n) is 19.9. The number of thioether (sulfide) groups is 1. The summed E-state index contributed by atoms with van der Waals surface area (Å²) < 4.78 is 16.2. The molecule has 4 aliphatic carbocycles. The molecule has 5 fully saturated rings. The van der Waals surface area contributed by atoms with Gasteiger partial charge in [0.15, 0.2) is 11.5 Å². The predicted molar refractivity (Wildman–Crippen MR) is 129 cm³/mol. The largest absolute Gasteiger partial charge is 0.493 e. The van der Waals surface area contributed by atoms with Crippen LogP contribution in [-0.4, -0.2) is 48.2 Å². The molecule has 1 saturated heterocycles. The zero-order chi connectivity index (χ0) is 24.7. The lowest BCUT2D eigenvalue weighted by atomic mass is 9.49. The Hall–Kier alpha value is -2.81. The van der Waals surface area contributed by atoms with Crippen LogP contribution in [0.15, 0.2) is 23.1 Å². The molecule has 186 valence electrons. The lowest BCUT2D eigenvalue weighted by Gasteiger charge is -2.55. The number of amides is 2. The molecular formula is C26H29NO7S. The first-order valence-corrected chi connectivity index (χ1v) is 12.9. The lowest BCUT2D eigenvalue weighted by molar-refractivity contribution is -0.161. The minimum Gasteiger partial charge on any atom is -0.493 e. The highest BCUT2D eigenvalue weighted by Gasteiger charge is 2.55. The number of hydrogen-bond acceptors (Lipinski definition) is 8. The molecule has 9 heteroatoms. The first kappa shape index (κ1) is 23.9. The van der Waals surface area contributed by atoms with Crippen LogP contribution in [0.3, 0.4) is 0 Å². The maximum Gasteiger partial charge on any atom is 0.326 e. The summed E-state index contributed by atoms with van der Waals surface area (Å²) in [5, 5.41) is -0.526. The highest BCUT2D eigenvalue weighted by Crippen LogP contribution is 2.60. The van der Waals surface area contributed by atoms with Crippen molar-refractivity contribution in [1.29, 1.82) is 0 Å². The van der Waals surface area contributed by atoms with E-state index in [0.29, 0.717) is 34.8 Å². The Bertz CT molecular complexity index is 1080. The Morgan fingerprint density at radius 2 is 1.74 bits per heavy atom. The zero-order valence-corrected chi connectivity index (χ0v) is 20.7. The maximum atomic E-state index is 13.3. The van der Waals surface area contributed by atoms with Crippen LogP contribution in [0.25, 0.3) is 6.08 Å². The van der Waals surface area contributed by atoms with E-state index in [0.717, 1.165) is 35.9 Å². The molecule has 0 radical (unpaired) electrons. The van der Waals surface area contributed by atoms with E-state index in [-0.39, 0.29) is 22.9 Å². The molecule has 8 nitrogen and oxygen atoms in total. The van der Waals surface area contributed by atoms with Crippen molar-refractivity contribution in [2.45, 2.75) is 45.4 Å². The molecule has 5 aliphatic rings. The van der Waals surface area contributed by atoms with Gasteiger partial charge in [0.25, 0.3) is 11.1 Å². The van der Waals surface area contributed by atoms with Gasteiger partial charge in [0.1, 0.15) is 6.54 Å². The van der Waals surface area contributed by atoms with Gasteiger partial charge in [-0.05, 0) is 98.7 Å². The summed E-state index contributed by atoms with van der Waals surface area (Å²) in [5.41, 5.74) is 0.230. The number of ether oxygens (including phenoxy) is 3. The van der Waals surface area contributed by atoms with Gasteiger partial charge in [-0.2, -0.15) is 0 Å². The number of hydrogen-bond donors (Lipinski definition) is 0. The molecule has 0 N–H and O–H groups in total. The molecule has 35 heavy (non-hydrogen) atoms. The molecular weight excluding hydrogens is 470 g/mol. The van der Waals surface area contributed by atoms with E-state index in [1.165, 1.54) is 26.4 Å². The summed E-state index contributed by atoms with van der Waals surface area (Å²) in [6.07, 6.45) is 8.05. The number of nitrogens with zero attached hydrogens (tertiary/aromatic N) is 1. The monoisotopic (exact) mass is 499 g/mol. The standard InChI is InChI=1S/C26H29NO7S/c1-3-33-22(28)14-27-23(29)21(35-25(27)31)10-15-4-5-19(20(9-15)32-2)34-24(30)26-11-16-6-17(12-26)8-18(7-16)13-26/h4-5,9-10,16-18H,3,6-8,11-14H2,1-2H3. The van der Waals surface area contributed by atoms with Crippen LogP contribution in [0, 0.1) is 23.2 Å². The highest BCUT2D eigenvalue weighted by molar-refractivity contribution is 8.18. The number of rotatable bonds is 7. The molecule has 1 heterocycles. The van der Waals surface area contributed by atoms with Crippen molar-refractivity contribution in [2.75, 3.05) is 20.3 Å². The summed E-state index contributed by atoms with van der Waals surface area (Å²) in [7, 11) is 1.49. The van der Waals surface area contributed by atoms with Gasteiger partial charge in [0.2, 0.25) is 0 Å². The van der Waals surface area contributed by atoms with Crippen LogP contribution in [0.2, 0.25) is 0 Å². The molecule has 0 atom stereocenters. The second kappa shape index (κ2) is 9.33. The van der Waals surface area contributed by atoms with E-state index in [2.05, 4.69) is 0 Å². The number of imide groups is 1. The van der Waals surface area contributed by atoms with Gasteiger partial charge in [0.05, 0.1) is 24.0 Å². The number of carbonyl (C=O) groups excluding carboxylic acids is 4. The van der Waals surface area contributed by atoms with Gasteiger partial charge < -0.3 is 14.2 Å². The van der Waals surface area contributed by atoms with Crippen LogP contribution in [0.4, 0.5) is 4.79 Å². The van der Waals surface area contributed by atoms with E-state index in [1.54, 1.807) is 31.2 Å². The van der Waals surface area contributed by atoms with E-state index in [4.69, 9.17) is 14.2 Å². The van der Waals surface area contributed by atoms with Crippen LogP contribution in [0.1, 0.15) is 51.0 Å². The van der Waals surface area contributed by atoms with Gasteiger partial charge in [-0.1, -0.05) is 6.07 Å². The van der Waals surface area contributed by atoms with Crippen molar-refractivity contribution < 1.29 is 33.4 Å². The highest BCUT2D eigenvalue weighted by atomic mass is 32.2. The van der Waals surface area contributed by atoms with E-state index in [9.17, 15) is 19.2 Å².